The fraction of sp³-hybridized carbons (Fsp3) is 0.167. The predicted octanol–water partition coefficient (Wildman–Crippen LogP) is 2.16. The van der Waals surface area contributed by atoms with Crippen molar-refractivity contribution in [1.82, 2.24) is 16.0 Å². The number of carbonyl (C=O) groups excluding carboxylic acids is 3. The Hall–Kier alpha value is -2.57. The topological polar surface area (TPSA) is 87.3 Å². The summed E-state index contributed by atoms with van der Waals surface area (Å²) in [6, 6.07) is 13.8. The van der Waals surface area contributed by atoms with Crippen molar-refractivity contribution in [3.8, 4) is 0 Å². The van der Waals surface area contributed by atoms with Gasteiger partial charge in [0.05, 0.1) is 23.7 Å². The minimum Gasteiger partial charge on any atom is -0.350 e. The van der Waals surface area contributed by atoms with Crippen molar-refractivity contribution >= 4 is 40.9 Å². The van der Waals surface area contributed by atoms with E-state index in [1.165, 1.54) is 18.2 Å². The predicted molar refractivity (Wildman–Crippen MR) is 100 cm³/mol. The summed E-state index contributed by atoms with van der Waals surface area (Å²) >= 11 is 11.7. The van der Waals surface area contributed by atoms with Crippen molar-refractivity contribution in [1.29, 1.82) is 0 Å². The SMILES string of the molecule is O=C(CNC(=O)CNC(=O)c1ccc(Cl)cc1Cl)NCc1ccccc1. The van der Waals surface area contributed by atoms with E-state index in [1.807, 2.05) is 30.3 Å². The average Bonchev–Trinajstić information content (AvgIpc) is 2.63. The second-order valence-corrected chi connectivity index (χ2v) is 6.19. The zero-order valence-electron chi connectivity index (χ0n) is 13.7. The maximum atomic E-state index is 12.0. The van der Waals surface area contributed by atoms with Crippen LogP contribution in [0, 0.1) is 0 Å². The van der Waals surface area contributed by atoms with Crippen LogP contribution in [-0.2, 0) is 16.1 Å². The summed E-state index contributed by atoms with van der Waals surface area (Å²) in [5, 5.41) is 8.15. The first kappa shape index (κ1) is 19.8. The largest absolute Gasteiger partial charge is 0.350 e. The molecule has 0 spiro atoms. The lowest BCUT2D eigenvalue weighted by Gasteiger charge is -2.09. The molecule has 0 saturated carbocycles. The van der Waals surface area contributed by atoms with Crippen LogP contribution in [0.2, 0.25) is 10.0 Å². The van der Waals surface area contributed by atoms with Crippen LogP contribution in [0.15, 0.2) is 48.5 Å². The molecule has 0 aliphatic carbocycles. The summed E-state index contributed by atoms with van der Waals surface area (Å²) in [4.78, 5) is 35.4. The summed E-state index contributed by atoms with van der Waals surface area (Å²) in [5.41, 5.74) is 1.17. The van der Waals surface area contributed by atoms with Gasteiger partial charge in [-0.15, -0.1) is 0 Å². The van der Waals surface area contributed by atoms with Gasteiger partial charge < -0.3 is 16.0 Å². The van der Waals surface area contributed by atoms with Gasteiger partial charge in [-0.2, -0.15) is 0 Å². The van der Waals surface area contributed by atoms with E-state index >= 15 is 0 Å². The standard InChI is InChI=1S/C18H17Cl2N3O3/c19-13-6-7-14(15(20)8-13)18(26)23-11-17(25)22-10-16(24)21-9-12-4-2-1-3-5-12/h1-8H,9-11H2,(H,21,24)(H,22,25)(H,23,26). The molecule has 0 aliphatic heterocycles. The number of nitrogens with one attached hydrogen (secondary N) is 3. The van der Waals surface area contributed by atoms with Crippen LogP contribution in [0.5, 0.6) is 0 Å². The second kappa shape index (κ2) is 9.79. The number of benzene rings is 2. The number of hydrogen-bond acceptors (Lipinski definition) is 3. The fourth-order valence-corrected chi connectivity index (χ4v) is 2.52. The lowest BCUT2D eigenvalue weighted by Crippen LogP contribution is -2.41. The third kappa shape index (κ3) is 6.38. The molecule has 3 N–H and O–H groups in total. The molecule has 136 valence electrons. The van der Waals surface area contributed by atoms with E-state index < -0.39 is 11.8 Å². The first-order chi connectivity index (χ1) is 12.5. The minimum absolute atomic E-state index is 0.177. The fourth-order valence-electron chi connectivity index (χ4n) is 2.03. The van der Waals surface area contributed by atoms with E-state index in [-0.39, 0.29) is 29.6 Å². The molecule has 2 rings (SSSR count). The van der Waals surface area contributed by atoms with Crippen LogP contribution in [0.1, 0.15) is 15.9 Å². The van der Waals surface area contributed by atoms with Gasteiger partial charge in [0.2, 0.25) is 11.8 Å². The van der Waals surface area contributed by atoms with Gasteiger partial charge in [-0.25, -0.2) is 0 Å². The maximum absolute atomic E-state index is 12.0. The summed E-state index contributed by atoms with van der Waals surface area (Å²) in [7, 11) is 0. The van der Waals surface area contributed by atoms with E-state index in [1.54, 1.807) is 0 Å². The summed E-state index contributed by atoms with van der Waals surface area (Å²) in [6.07, 6.45) is 0. The number of halogens is 2. The molecular formula is C18H17Cl2N3O3. The van der Waals surface area contributed by atoms with Crippen LogP contribution >= 0.6 is 23.2 Å². The number of hydrogen-bond donors (Lipinski definition) is 3. The molecule has 0 saturated heterocycles. The monoisotopic (exact) mass is 393 g/mol. The lowest BCUT2D eigenvalue weighted by molar-refractivity contribution is -0.125. The summed E-state index contributed by atoms with van der Waals surface area (Å²) < 4.78 is 0. The normalized spacial score (nSPS) is 10.1. The van der Waals surface area contributed by atoms with Gasteiger partial charge in [-0.3, -0.25) is 14.4 Å². The van der Waals surface area contributed by atoms with Crippen molar-refractivity contribution in [2.24, 2.45) is 0 Å². The summed E-state index contributed by atoms with van der Waals surface area (Å²) in [6.45, 7) is -0.0751. The van der Waals surface area contributed by atoms with E-state index in [9.17, 15) is 14.4 Å². The van der Waals surface area contributed by atoms with Gasteiger partial charge >= 0.3 is 0 Å². The Labute approximate surface area is 160 Å². The van der Waals surface area contributed by atoms with Crippen molar-refractivity contribution in [3.05, 3.63) is 69.7 Å². The Balaban J connectivity index is 1.69. The number of carbonyl (C=O) groups is 3. The molecule has 2 aromatic carbocycles. The van der Waals surface area contributed by atoms with E-state index in [0.717, 1.165) is 5.56 Å². The minimum atomic E-state index is -0.504. The van der Waals surface area contributed by atoms with Crippen molar-refractivity contribution in [2.75, 3.05) is 13.1 Å². The van der Waals surface area contributed by atoms with Gasteiger partial charge in [0.1, 0.15) is 0 Å². The molecule has 0 heterocycles. The van der Waals surface area contributed by atoms with Crippen LogP contribution in [0.3, 0.4) is 0 Å². The van der Waals surface area contributed by atoms with Gasteiger partial charge in [-0.05, 0) is 23.8 Å². The molecule has 0 fully saturated rings. The van der Waals surface area contributed by atoms with Crippen molar-refractivity contribution in [3.63, 3.8) is 0 Å². The molecule has 3 amide bonds. The number of amides is 3. The van der Waals surface area contributed by atoms with Crippen molar-refractivity contribution < 1.29 is 14.4 Å². The molecule has 8 heteroatoms. The Kier molecular flexibility index (Phi) is 7.44. The molecule has 0 bridgehead atoms. The highest BCUT2D eigenvalue weighted by atomic mass is 35.5. The van der Waals surface area contributed by atoms with Crippen LogP contribution in [0.4, 0.5) is 0 Å². The Morgan fingerprint density at radius 3 is 2.15 bits per heavy atom. The van der Waals surface area contributed by atoms with E-state index in [4.69, 9.17) is 23.2 Å². The van der Waals surface area contributed by atoms with Crippen LogP contribution in [0.25, 0.3) is 0 Å². The molecule has 6 nitrogen and oxygen atoms in total. The van der Waals surface area contributed by atoms with E-state index in [2.05, 4.69) is 16.0 Å². The highest BCUT2D eigenvalue weighted by Crippen LogP contribution is 2.20. The second-order valence-electron chi connectivity index (χ2n) is 5.35. The van der Waals surface area contributed by atoms with Crippen molar-refractivity contribution in [2.45, 2.75) is 6.54 Å². The quantitative estimate of drug-likeness (QED) is 0.673. The highest BCUT2D eigenvalue weighted by Gasteiger charge is 2.12. The Morgan fingerprint density at radius 1 is 0.808 bits per heavy atom. The third-order valence-electron chi connectivity index (χ3n) is 3.36. The Morgan fingerprint density at radius 2 is 1.46 bits per heavy atom. The molecule has 2 aromatic rings. The highest BCUT2D eigenvalue weighted by molar-refractivity contribution is 6.36. The molecule has 26 heavy (non-hydrogen) atoms. The van der Waals surface area contributed by atoms with Crippen LogP contribution in [-0.4, -0.2) is 30.8 Å². The first-order valence-corrected chi connectivity index (χ1v) is 8.52. The van der Waals surface area contributed by atoms with Crippen LogP contribution < -0.4 is 16.0 Å². The molecule has 0 aromatic heterocycles. The average molecular weight is 394 g/mol. The van der Waals surface area contributed by atoms with Gasteiger partial charge in [-0.1, -0.05) is 53.5 Å². The third-order valence-corrected chi connectivity index (χ3v) is 3.91. The van der Waals surface area contributed by atoms with Gasteiger partial charge in [0.25, 0.3) is 5.91 Å². The molecule has 0 atom stereocenters. The molecular weight excluding hydrogens is 377 g/mol. The van der Waals surface area contributed by atoms with Gasteiger partial charge in [0.15, 0.2) is 0 Å². The maximum Gasteiger partial charge on any atom is 0.253 e. The molecule has 0 aliphatic rings. The molecule has 0 unspecified atom stereocenters. The van der Waals surface area contributed by atoms with E-state index in [0.29, 0.717) is 11.6 Å². The van der Waals surface area contributed by atoms with Gasteiger partial charge in [0, 0.05) is 11.6 Å². The first-order valence-electron chi connectivity index (χ1n) is 7.76. The number of rotatable bonds is 7. The zero-order valence-corrected chi connectivity index (χ0v) is 15.2. The Bertz CT molecular complexity index is 798. The lowest BCUT2D eigenvalue weighted by atomic mass is 10.2. The smallest absolute Gasteiger partial charge is 0.253 e. The zero-order chi connectivity index (χ0) is 18.9. The molecule has 0 radical (unpaired) electrons. The summed E-state index contributed by atoms with van der Waals surface area (Å²) in [5.74, 6) is -1.32.